The van der Waals surface area contributed by atoms with Crippen LogP contribution in [-0.4, -0.2) is 41.5 Å². The number of ketones is 1. The number of hydrogen-bond acceptors (Lipinski definition) is 4. The zero-order valence-electron chi connectivity index (χ0n) is 17.0. The molecule has 1 fully saturated rings. The van der Waals surface area contributed by atoms with Gasteiger partial charge >= 0.3 is 178 Å². The molecule has 0 spiro atoms. The Kier molecular flexibility index (Phi) is 9.75. The van der Waals surface area contributed by atoms with Crippen LogP contribution in [0, 0.1) is 24.7 Å². The number of aliphatic hydroxyl groups is 1. The summed E-state index contributed by atoms with van der Waals surface area (Å²) in [7, 11) is 5.79. The molecule has 1 radical (unpaired) electrons. The first-order valence-corrected chi connectivity index (χ1v) is 11.1. The van der Waals surface area contributed by atoms with Crippen molar-refractivity contribution in [3.8, 4) is 0 Å². The van der Waals surface area contributed by atoms with Gasteiger partial charge in [-0.25, -0.2) is 0 Å². The van der Waals surface area contributed by atoms with E-state index in [1.807, 2.05) is 18.2 Å². The molecular weight excluding hydrogens is 383 g/mol. The zero-order chi connectivity index (χ0) is 21.2. The van der Waals surface area contributed by atoms with Gasteiger partial charge in [-0.05, 0) is 0 Å². The van der Waals surface area contributed by atoms with E-state index in [-0.39, 0.29) is 30.0 Å². The van der Waals surface area contributed by atoms with Crippen molar-refractivity contribution in [2.45, 2.75) is 58.0 Å². The van der Waals surface area contributed by atoms with Gasteiger partial charge in [-0.3, -0.25) is 0 Å². The third-order valence-corrected chi connectivity index (χ3v) is 6.56. The SMILES string of the molecule is [B]=C[C@@H]1CC(O)[C@H](C/C=C\CCCC(=O)O)[C@H]1/C=C/C(=O)CCc1ccc(C)s1. The van der Waals surface area contributed by atoms with Crippen molar-refractivity contribution in [2.75, 3.05) is 0 Å². The van der Waals surface area contributed by atoms with E-state index in [1.165, 1.54) is 9.75 Å². The fourth-order valence-electron chi connectivity index (χ4n) is 3.90. The molecule has 4 nitrogen and oxygen atoms in total. The van der Waals surface area contributed by atoms with Crippen LogP contribution < -0.4 is 0 Å². The van der Waals surface area contributed by atoms with E-state index in [0.29, 0.717) is 32.1 Å². The van der Waals surface area contributed by atoms with Gasteiger partial charge in [0.05, 0.1) is 0 Å². The van der Waals surface area contributed by atoms with Crippen LogP contribution in [0.3, 0.4) is 0 Å². The Balaban J connectivity index is 1.88. The molecule has 1 unspecified atom stereocenters. The van der Waals surface area contributed by atoms with Crippen LogP contribution in [0.4, 0.5) is 0 Å². The number of unbranched alkanes of at least 4 members (excludes halogenated alkanes) is 1. The number of carboxylic acid groups (broad SMARTS) is 1. The number of allylic oxidation sites excluding steroid dienone is 4. The van der Waals surface area contributed by atoms with Gasteiger partial charge in [-0.1, -0.05) is 0 Å². The predicted molar refractivity (Wildman–Crippen MR) is 120 cm³/mol. The van der Waals surface area contributed by atoms with E-state index >= 15 is 0 Å². The second-order valence-electron chi connectivity index (χ2n) is 7.73. The first-order chi connectivity index (χ1) is 13.9. The van der Waals surface area contributed by atoms with Gasteiger partial charge in [0.15, 0.2) is 0 Å². The summed E-state index contributed by atoms with van der Waals surface area (Å²) in [4.78, 5) is 25.3. The van der Waals surface area contributed by atoms with Crippen molar-refractivity contribution in [1.29, 1.82) is 0 Å². The monoisotopic (exact) mass is 413 g/mol. The van der Waals surface area contributed by atoms with Gasteiger partial charge in [-0.2, -0.15) is 0 Å². The number of aliphatic hydroxyl groups excluding tert-OH is 1. The van der Waals surface area contributed by atoms with Crippen LogP contribution in [0.5, 0.6) is 0 Å². The number of aryl methyl sites for hydroxylation is 2. The van der Waals surface area contributed by atoms with E-state index < -0.39 is 12.1 Å². The molecule has 1 saturated carbocycles. The molecule has 6 heteroatoms. The number of aliphatic carboxylic acids is 1. The summed E-state index contributed by atoms with van der Waals surface area (Å²) < 4.78 is 0. The number of carboxylic acids is 1. The van der Waals surface area contributed by atoms with E-state index in [0.717, 1.165) is 6.42 Å². The number of rotatable bonds is 12. The predicted octanol–water partition coefficient (Wildman–Crippen LogP) is 3.90. The van der Waals surface area contributed by atoms with E-state index in [4.69, 9.17) is 12.6 Å². The topological polar surface area (TPSA) is 74.6 Å². The molecule has 29 heavy (non-hydrogen) atoms. The maximum absolute atomic E-state index is 12.3. The molecule has 0 aliphatic heterocycles. The molecule has 1 aromatic heterocycles. The van der Waals surface area contributed by atoms with E-state index in [2.05, 4.69) is 19.1 Å². The van der Waals surface area contributed by atoms with E-state index in [1.54, 1.807) is 23.4 Å². The van der Waals surface area contributed by atoms with E-state index in [9.17, 15) is 14.7 Å². The van der Waals surface area contributed by atoms with Crippen molar-refractivity contribution < 1.29 is 19.8 Å². The molecule has 1 aromatic rings. The third kappa shape index (κ3) is 7.86. The minimum atomic E-state index is -0.782. The molecule has 1 heterocycles. The zero-order valence-corrected chi connectivity index (χ0v) is 17.8. The standard InChI is InChI=1S/C23H30BO4S/c1-16-8-11-19(29-16)12-9-18(25)10-13-20-17(15-24)14-22(26)21(20)6-4-2-3-5-7-23(27)28/h2,4,8,10-11,13,15,17,20-22,26H,3,5-7,9,12,14H2,1H3,(H,27,28)/b4-2-,13-10+/t17-,20-,21+,22?/m0/s1. The van der Waals surface area contributed by atoms with Crippen LogP contribution in [0.2, 0.25) is 0 Å². The summed E-state index contributed by atoms with van der Waals surface area (Å²) in [6.07, 6.45) is 11.1. The average molecular weight is 413 g/mol. The molecule has 0 saturated heterocycles. The molecular formula is C23H30BO4S. The van der Waals surface area contributed by atoms with Gasteiger partial charge < -0.3 is 0 Å². The van der Waals surface area contributed by atoms with Crippen LogP contribution in [-0.2, 0) is 16.0 Å². The first kappa shape index (κ1) is 23.5. The Bertz CT molecular complexity index is 752. The quantitative estimate of drug-likeness (QED) is 0.236. The van der Waals surface area contributed by atoms with Crippen molar-refractivity contribution >= 4 is 36.5 Å². The Morgan fingerprint density at radius 3 is 2.72 bits per heavy atom. The molecule has 1 aliphatic rings. The van der Waals surface area contributed by atoms with Crippen molar-refractivity contribution in [1.82, 2.24) is 0 Å². The van der Waals surface area contributed by atoms with Crippen LogP contribution in [0.15, 0.2) is 36.4 Å². The third-order valence-electron chi connectivity index (χ3n) is 5.50. The van der Waals surface area contributed by atoms with Gasteiger partial charge in [0.1, 0.15) is 0 Å². The van der Waals surface area contributed by atoms with Crippen LogP contribution in [0.25, 0.3) is 0 Å². The second-order valence-corrected chi connectivity index (χ2v) is 9.10. The summed E-state index contributed by atoms with van der Waals surface area (Å²) in [5.41, 5.74) is 0. The van der Waals surface area contributed by atoms with Crippen LogP contribution in [0.1, 0.15) is 48.3 Å². The summed E-state index contributed by atoms with van der Waals surface area (Å²) >= 11 is 1.72. The van der Waals surface area contributed by atoms with Gasteiger partial charge in [0, 0.05) is 0 Å². The molecule has 1 aliphatic carbocycles. The first-order valence-electron chi connectivity index (χ1n) is 10.3. The fourth-order valence-corrected chi connectivity index (χ4v) is 4.79. The Hall–Kier alpha value is -1.79. The maximum atomic E-state index is 12.3. The summed E-state index contributed by atoms with van der Waals surface area (Å²) in [5.74, 6) is 1.05. The molecule has 2 N–H and O–H groups in total. The molecule has 2 rings (SSSR count). The average Bonchev–Trinajstić information content (AvgIpc) is 3.23. The molecule has 0 aromatic carbocycles. The number of carbonyl (C=O) groups excluding carboxylic acids is 1. The van der Waals surface area contributed by atoms with Crippen molar-refractivity contribution in [2.24, 2.45) is 17.8 Å². The van der Waals surface area contributed by atoms with Crippen molar-refractivity contribution in [3.05, 3.63) is 46.2 Å². The van der Waals surface area contributed by atoms with Gasteiger partial charge in [0.2, 0.25) is 0 Å². The molecule has 155 valence electrons. The van der Waals surface area contributed by atoms with Gasteiger partial charge in [0.25, 0.3) is 0 Å². The summed E-state index contributed by atoms with van der Waals surface area (Å²) in [6.45, 7) is 2.06. The number of hydrogen-bond donors (Lipinski definition) is 2. The summed E-state index contributed by atoms with van der Waals surface area (Å²) in [5, 5.41) is 19.1. The van der Waals surface area contributed by atoms with Crippen LogP contribution >= 0.6 is 11.3 Å². The second kappa shape index (κ2) is 12.0. The van der Waals surface area contributed by atoms with Crippen molar-refractivity contribution in [3.63, 3.8) is 0 Å². The fraction of sp³-hybridized carbons (Fsp3) is 0.522. The minimum absolute atomic E-state index is 0.0134. The Labute approximate surface area is 178 Å². The Morgan fingerprint density at radius 2 is 2.07 bits per heavy atom. The summed E-state index contributed by atoms with van der Waals surface area (Å²) in [6, 6.07) is 4.14. The van der Waals surface area contributed by atoms with Gasteiger partial charge in [-0.15, -0.1) is 0 Å². The normalized spacial score (nSPS) is 24.4. The molecule has 4 atom stereocenters. The Morgan fingerprint density at radius 1 is 1.28 bits per heavy atom. The number of carbonyl (C=O) groups is 2. The number of thiophene rings is 1. The molecule has 0 bridgehead atoms. The molecule has 0 amide bonds.